The van der Waals surface area contributed by atoms with Gasteiger partial charge in [0.2, 0.25) is 5.91 Å². The van der Waals surface area contributed by atoms with E-state index in [1.807, 2.05) is 30.3 Å². The van der Waals surface area contributed by atoms with E-state index in [2.05, 4.69) is 10.6 Å². The van der Waals surface area contributed by atoms with Gasteiger partial charge in [0.05, 0.1) is 36.1 Å². The third-order valence-corrected chi connectivity index (χ3v) is 7.86. The smallest absolute Gasteiger partial charge is 0.264 e. The van der Waals surface area contributed by atoms with Gasteiger partial charge >= 0.3 is 0 Å². The van der Waals surface area contributed by atoms with Crippen LogP contribution in [0.5, 0.6) is 11.5 Å². The molecule has 212 valence electrons. The van der Waals surface area contributed by atoms with Gasteiger partial charge in [-0.25, -0.2) is 12.8 Å². The molecular weight excluding hydrogens is 549 g/mol. The highest BCUT2D eigenvalue weighted by atomic mass is 32.2. The minimum Gasteiger partial charge on any atom is -0.493 e. The van der Waals surface area contributed by atoms with E-state index in [0.717, 1.165) is 22.0 Å². The monoisotopic (exact) mass is 577 g/mol. The topological polar surface area (TPSA) is 114 Å². The second-order valence-corrected chi connectivity index (χ2v) is 10.6. The van der Waals surface area contributed by atoms with Crippen LogP contribution in [-0.2, 0) is 21.4 Å². The maximum Gasteiger partial charge on any atom is 0.264 e. The van der Waals surface area contributed by atoms with Crippen LogP contribution in [-0.4, -0.2) is 41.0 Å². The van der Waals surface area contributed by atoms with Crippen molar-refractivity contribution in [2.45, 2.75) is 11.4 Å². The molecule has 0 aromatic heterocycles. The number of para-hydroxylation sites is 1. The number of halogens is 1. The molecule has 41 heavy (non-hydrogen) atoms. The van der Waals surface area contributed by atoms with Crippen LogP contribution in [0.1, 0.15) is 15.9 Å². The van der Waals surface area contributed by atoms with E-state index >= 15 is 0 Å². The number of ether oxygens (including phenoxy) is 2. The number of nitrogens with one attached hydrogen (secondary N) is 2. The molecule has 2 amide bonds. The summed E-state index contributed by atoms with van der Waals surface area (Å²) in [5.41, 5.74) is 1.36. The molecule has 11 heteroatoms. The standard InChI is InChI=1S/C30H28FN3O6S/c1-39-27-17-16-24(18-28(27)40-2)41(37,38)34(23-14-12-22(31)13-15-23)20-29(35)33-26-11-7-6-10-25(26)30(36)32-19-21-8-4-3-5-9-21/h3-18H,19-20H2,1-2H3,(H,32,36)(H,33,35). The third kappa shape index (κ3) is 7.00. The van der Waals surface area contributed by atoms with Crippen molar-refractivity contribution in [2.24, 2.45) is 0 Å². The first kappa shape index (κ1) is 29.1. The number of carbonyl (C=O) groups is 2. The van der Waals surface area contributed by atoms with Crippen molar-refractivity contribution in [3.05, 3.63) is 114 Å². The Bertz CT molecular complexity index is 1630. The summed E-state index contributed by atoms with van der Waals surface area (Å²) < 4.78 is 52.5. The Labute approximate surface area is 237 Å². The molecule has 0 bridgehead atoms. The largest absolute Gasteiger partial charge is 0.493 e. The summed E-state index contributed by atoms with van der Waals surface area (Å²) in [6.07, 6.45) is 0. The second-order valence-electron chi connectivity index (χ2n) is 8.77. The Balaban J connectivity index is 1.59. The summed E-state index contributed by atoms with van der Waals surface area (Å²) in [6, 6.07) is 24.4. The second kappa shape index (κ2) is 13.0. The predicted molar refractivity (Wildman–Crippen MR) is 153 cm³/mol. The van der Waals surface area contributed by atoms with E-state index in [-0.39, 0.29) is 34.1 Å². The Hall–Kier alpha value is -4.90. The highest BCUT2D eigenvalue weighted by molar-refractivity contribution is 7.92. The minimum absolute atomic E-state index is 0.0604. The number of carbonyl (C=O) groups excluding carboxylic acids is 2. The maximum atomic E-state index is 13.8. The van der Waals surface area contributed by atoms with Gasteiger partial charge in [0.1, 0.15) is 12.4 Å². The molecule has 0 aliphatic heterocycles. The Morgan fingerprint density at radius 3 is 2.17 bits per heavy atom. The summed E-state index contributed by atoms with van der Waals surface area (Å²) in [5, 5.41) is 5.45. The molecule has 0 atom stereocenters. The molecule has 0 fully saturated rings. The number of anilines is 2. The fraction of sp³-hybridized carbons (Fsp3) is 0.133. The van der Waals surface area contributed by atoms with Gasteiger partial charge in [0, 0.05) is 12.6 Å². The molecule has 0 radical (unpaired) electrons. The van der Waals surface area contributed by atoms with Gasteiger partial charge in [-0.1, -0.05) is 42.5 Å². The number of benzene rings is 4. The van der Waals surface area contributed by atoms with Gasteiger partial charge in [-0.3, -0.25) is 13.9 Å². The van der Waals surface area contributed by atoms with Crippen LogP contribution < -0.4 is 24.4 Å². The lowest BCUT2D eigenvalue weighted by Crippen LogP contribution is -2.38. The van der Waals surface area contributed by atoms with Crippen LogP contribution in [0.15, 0.2) is 102 Å². The molecule has 0 spiro atoms. The molecule has 4 rings (SSSR count). The lowest BCUT2D eigenvalue weighted by atomic mass is 10.1. The molecule has 9 nitrogen and oxygen atoms in total. The molecule has 4 aromatic rings. The van der Waals surface area contributed by atoms with Gasteiger partial charge in [-0.15, -0.1) is 0 Å². The molecule has 2 N–H and O–H groups in total. The van der Waals surface area contributed by atoms with Gasteiger partial charge in [-0.05, 0) is 54.1 Å². The highest BCUT2D eigenvalue weighted by Crippen LogP contribution is 2.32. The zero-order chi connectivity index (χ0) is 29.4. The zero-order valence-electron chi connectivity index (χ0n) is 22.3. The molecule has 0 aliphatic carbocycles. The summed E-state index contributed by atoms with van der Waals surface area (Å²) in [4.78, 5) is 26.0. The summed E-state index contributed by atoms with van der Waals surface area (Å²) in [5.74, 6) is -1.22. The quantitative estimate of drug-likeness (QED) is 0.269. The van der Waals surface area contributed by atoms with Crippen LogP contribution >= 0.6 is 0 Å². The van der Waals surface area contributed by atoms with E-state index in [1.165, 1.54) is 44.6 Å². The van der Waals surface area contributed by atoms with Crippen molar-refractivity contribution < 1.29 is 31.9 Å². The maximum absolute atomic E-state index is 13.8. The Kier molecular flexibility index (Phi) is 9.20. The van der Waals surface area contributed by atoms with E-state index in [4.69, 9.17) is 9.47 Å². The van der Waals surface area contributed by atoms with Crippen molar-refractivity contribution in [3.8, 4) is 11.5 Å². The molecular formula is C30H28FN3O6S. The van der Waals surface area contributed by atoms with Gasteiger partial charge in [-0.2, -0.15) is 0 Å². The number of amides is 2. The average molecular weight is 578 g/mol. The van der Waals surface area contributed by atoms with Crippen molar-refractivity contribution in [3.63, 3.8) is 0 Å². The average Bonchev–Trinajstić information content (AvgIpc) is 2.99. The van der Waals surface area contributed by atoms with E-state index in [0.29, 0.717) is 5.75 Å². The normalized spacial score (nSPS) is 10.9. The first-order valence-electron chi connectivity index (χ1n) is 12.4. The van der Waals surface area contributed by atoms with Gasteiger partial charge < -0.3 is 20.1 Å². The third-order valence-electron chi connectivity index (χ3n) is 6.09. The number of sulfonamides is 1. The summed E-state index contributed by atoms with van der Waals surface area (Å²) in [6.45, 7) is -0.383. The summed E-state index contributed by atoms with van der Waals surface area (Å²) >= 11 is 0. The fourth-order valence-corrected chi connectivity index (χ4v) is 5.45. The van der Waals surface area contributed by atoms with E-state index in [9.17, 15) is 22.4 Å². The Morgan fingerprint density at radius 1 is 0.829 bits per heavy atom. The number of rotatable bonds is 11. The SMILES string of the molecule is COc1ccc(S(=O)(=O)N(CC(=O)Nc2ccccc2C(=O)NCc2ccccc2)c2ccc(F)cc2)cc1OC. The molecule has 0 saturated heterocycles. The predicted octanol–water partition coefficient (Wildman–Crippen LogP) is 4.61. The molecule has 4 aromatic carbocycles. The van der Waals surface area contributed by atoms with Crippen LogP contribution in [0, 0.1) is 5.82 Å². The van der Waals surface area contributed by atoms with Gasteiger partial charge in [0.15, 0.2) is 11.5 Å². The minimum atomic E-state index is -4.34. The molecule has 0 aliphatic rings. The van der Waals surface area contributed by atoms with Crippen molar-refractivity contribution in [1.29, 1.82) is 0 Å². The van der Waals surface area contributed by atoms with Crippen molar-refractivity contribution in [2.75, 3.05) is 30.4 Å². The van der Waals surface area contributed by atoms with Crippen LogP contribution in [0.4, 0.5) is 15.8 Å². The molecule has 0 saturated carbocycles. The van der Waals surface area contributed by atoms with Crippen molar-refractivity contribution in [1.82, 2.24) is 5.32 Å². The lowest BCUT2D eigenvalue weighted by Gasteiger charge is -2.24. The first-order chi connectivity index (χ1) is 19.7. The summed E-state index contributed by atoms with van der Waals surface area (Å²) in [7, 11) is -1.56. The van der Waals surface area contributed by atoms with Crippen LogP contribution in [0.3, 0.4) is 0 Å². The Morgan fingerprint density at radius 2 is 1.49 bits per heavy atom. The van der Waals surface area contributed by atoms with Crippen LogP contribution in [0.25, 0.3) is 0 Å². The number of methoxy groups -OCH3 is 2. The first-order valence-corrected chi connectivity index (χ1v) is 13.9. The number of hydrogen-bond donors (Lipinski definition) is 2. The molecule has 0 unspecified atom stereocenters. The highest BCUT2D eigenvalue weighted by Gasteiger charge is 2.29. The number of nitrogens with zero attached hydrogens (tertiary/aromatic N) is 1. The number of hydrogen-bond acceptors (Lipinski definition) is 6. The van der Waals surface area contributed by atoms with E-state index < -0.39 is 34.2 Å². The van der Waals surface area contributed by atoms with Crippen LogP contribution in [0.2, 0.25) is 0 Å². The van der Waals surface area contributed by atoms with Crippen molar-refractivity contribution >= 4 is 33.2 Å². The van der Waals surface area contributed by atoms with E-state index in [1.54, 1.807) is 24.3 Å². The zero-order valence-corrected chi connectivity index (χ0v) is 23.2. The lowest BCUT2D eigenvalue weighted by molar-refractivity contribution is -0.114. The molecule has 0 heterocycles. The fourth-order valence-electron chi connectivity index (χ4n) is 4.01. The van der Waals surface area contributed by atoms with Gasteiger partial charge in [0.25, 0.3) is 15.9 Å².